The molecule has 0 radical (unpaired) electrons. The lowest BCUT2D eigenvalue weighted by Crippen LogP contribution is -2.49. The third-order valence-electron chi connectivity index (χ3n) is 15.3. The van der Waals surface area contributed by atoms with Crippen molar-refractivity contribution in [2.24, 2.45) is 0 Å². The van der Waals surface area contributed by atoms with Crippen LogP contribution in [-0.2, 0) is 58.4 Å². The van der Waals surface area contributed by atoms with Crippen LogP contribution in [0.2, 0.25) is 0 Å². The first-order chi connectivity index (χ1) is 38.8. The number of H-pyrrole nitrogens is 2. The summed E-state index contributed by atoms with van der Waals surface area (Å²) in [5.74, 6) is 1.33. The molecule has 4 N–H and O–H groups in total. The van der Waals surface area contributed by atoms with Crippen molar-refractivity contribution in [2.45, 2.75) is 69.1 Å². The maximum Gasteiger partial charge on any atom is 0.407 e. The number of aromatic nitrogens is 4. The minimum atomic E-state index is -3.67. The number of carbonyl (C=O) groups excluding carboxylic acids is 4. The summed E-state index contributed by atoms with van der Waals surface area (Å²) in [6.45, 7) is 1.88. The number of sulfonamides is 2. The standard InChI is InChI=1S/C57H68N10O10S4/c1-35-26-43-11-9-36(27-44(43)38-12-17-40(18-13-38)48-29-58-52(60-48)50-31-64(80(6,72)73)33-66(50)54(68)46(22-24-78-4)62-56(70)76-2)8-10-37-16-21-42(35)28-45(37)39-14-19-41(20-15-39)49-30-59-53(61-49)51-32-65(81(7,74)75)34-67(51)55(69)47(23-25-79-5)63-57(71)77-3/h9,11-21,27-30,35,46-47,50-51H,8,10,22-26,31-34H2,1-7H3,(H,58,60)(H,59,61)(H,62,70)(H,63,71)/t35-,46+,47+,50+,51+/m1/s1. The predicted octanol–water partition coefficient (Wildman–Crippen LogP) is 7.41. The number of methoxy groups -OCH3 is 2. The number of aryl methyl sites for hydroxylation is 2. The van der Waals surface area contributed by atoms with Crippen LogP contribution >= 0.6 is 23.5 Å². The third kappa shape index (κ3) is 13.5. The van der Waals surface area contributed by atoms with Gasteiger partial charge in [0.1, 0.15) is 35.8 Å². The number of rotatable bonds is 18. The number of nitrogens with zero attached hydrogens (tertiary/aromatic N) is 6. The Balaban J connectivity index is 0.911. The fourth-order valence-electron chi connectivity index (χ4n) is 10.7. The lowest BCUT2D eigenvalue weighted by Gasteiger charge is -2.27. The fourth-order valence-corrected chi connectivity index (χ4v) is 13.1. The molecule has 430 valence electrons. The van der Waals surface area contributed by atoms with Gasteiger partial charge in [0.25, 0.3) is 0 Å². The number of carbonyl (C=O) groups is 4. The zero-order chi connectivity index (χ0) is 57.8. The third-order valence-corrected chi connectivity index (χ3v) is 19.0. The monoisotopic (exact) mass is 1180 g/mol. The zero-order valence-electron chi connectivity index (χ0n) is 46.3. The quantitative estimate of drug-likeness (QED) is 0.0655. The van der Waals surface area contributed by atoms with Gasteiger partial charge >= 0.3 is 12.2 Å². The number of benzene rings is 4. The average Bonchev–Trinajstić information content (AvgIpc) is 4.39. The van der Waals surface area contributed by atoms with Crippen LogP contribution in [-0.4, -0.2) is 168 Å². The second kappa shape index (κ2) is 25.2. The fraction of sp³-hybridized carbons (Fsp3) is 0.404. The molecule has 81 heavy (non-hydrogen) atoms. The molecule has 4 heterocycles. The maximum absolute atomic E-state index is 14.0. The number of ether oxygens (including phenoxy) is 2. The van der Waals surface area contributed by atoms with Crippen molar-refractivity contribution in [3.8, 4) is 44.8 Å². The van der Waals surface area contributed by atoms with E-state index in [9.17, 15) is 36.0 Å². The van der Waals surface area contributed by atoms with Crippen LogP contribution in [0, 0.1) is 0 Å². The molecule has 4 bridgehead atoms. The molecule has 0 saturated carbocycles. The molecular formula is C57H68N10O10S4. The molecule has 5 atom stereocenters. The zero-order valence-corrected chi connectivity index (χ0v) is 49.6. The van der Waals surface area contributed by atoms with Gasteiger partial charge in [-0.1, -0.05) is 91.9 Å². The number of aromatic amines is 2. The summed E-state index contributed by atoms with van der Waals surface area (Å²) >= 11 is 3.05. The number of alkyl carbamates (subject to hydrolysis) is 2. The number of amides is 4. The summed E-state index contributed by atoms with van der Waals surface area (Å²) in [4.78, 5) is 71.7. The summed E-state index contributed by atoms with van der Waals surface area (Å²) in [7, 11) is -4.89. The van der Waals surface area contributed by atoms with Crippen molar-refractivity contribution in [3.05, 3.63) is 131 Å². The smallest absolute Gasteiger partial charge is 0.407 e. The number of hydrogen-bond acceptors (Lipinski definition) is 14. The van der Waals surface area contributed by atoms with E-state index in [-0.39, 0.29) is 32.3 Å². The van der Waals surface area contributed by atoms with Crippen LogP contribution < -0.4 is 10.6 Å². The van der Waals surface area contributed by atoms with Crippen LogP contribution in [0.15, 0.2) is 97.3 Å². The molecule has 0 unspecified atom stereocenters. The van der Waals surface area contributed by atoms with Crippen molar-refractivity contribution < 1.29 is 45.5 Å². The molecule has 0 spiro atoms. The molecule has 6 aromatic rings. The van der Waals surface area contributed by atoms with E-state index in [1.54, 1.807) is 12.4 Å². The van der Waals surface area contributed by atoms with Gasteiger partial charge in [0.15, 0.2) is 0 Å². The summed E-state index contributed by atoms with van der Waals surface area (Å²) in [5.41, 5.74) is 12.2. The van der Waals surface area contributed by atoms with E-state index in [0.29, 0.717) is 47.4 Å². The van der Waals surface area contributed by atoms with Crippen molar-refractivity contribution in [1.82, 2.24) is 49.0 Å². The molecule has 2 saturated heterocycles. The van der Waals surface area contributed by atoms with Gasteiger partial charge in [-0.15, -0.1) is 0 Å². The SMILES string of the molecule is COC(=O)N[C@@H](CCSC)C(=O)N1CN(S(C)(=O)=O)C[C@H]1c1nc(-c2ccc(-c3cc4ccc3CCc3ccc(c(-c5ccc(-c6c[nH]c([C@@H]7CN(S(C)(=O)=O)CN7C(=O)[C@H](CCSC)NC(=O)OC)n6)cc5)c3)C[C@H]4C)cc2)c[nH]1. The number of thioether (sulfide) groups is 2. The van der Waals surface area contributed by atoms with E-state index in [0.717, 1.165) is 65.2 Å². The largest absolute Gasteiger partial charge is 0.453 e. The summed E-state index contributed by atoms with van der Waals surface area (Å²) < 4.78 is 63.2. The summed E-state index contributed by atoms with van der Waals surface area (Å²) in [6, 6.07) is 26.8. The molecule has 2 fully saturated rings. The van der Waals surface area contributed by atoms with Gasteiger partial charge in [-0.25, -0.2) is 36.4 Å². The highest BCUT2D eigenvalue weighted by Crippen LogP contribution is 2.38. The number of imidazole rings is 2. The Morgan fingerprint density at radius 2 is 1.07 bits per heavy atom. The van der Waals surface area contributed by atoms with Gasteiger partial charge in [-0.3, -0.25) is 9.59 Å². The molecule has 6 aliphatic rings. The van der Waals surface area contributed by atoms with Gasteiger partial charge in [0.2, 0.25) is 31.9 Å². The Kier molecular flexibility index (Phi) is 18.3. The van der Waals surface area contributed by atoms with E-state index in [1.807, 2.05) is 36.8 Å². The Morgan fingerprint density at radius 3 is 1.52 bits per heavy atom. The van der Waals surface area contributed by atoms with Gasteiger partial charge < -0.3 is 39.9 Å². The van der Waals surface area contributed by atoms with Gasteiger partial charge in [-0.05, 0) is 107 Å². The second-order valence-electron chi connectivity index (χ2n) is 20.7. The molecular weight excluding hydrogens is 1110 g/mol. The van der Waals surface area contributed by atoms with E-state index in [1.165, 1.54) is 78.4 Å². The van der Waals surface area contributed by atoms with E-state index >= 15 is 0 Å². The van der Waals surface area contributed by atoms with Crippen LogP contribution in [0.5, 0.6) is 0 Å². The highest BCUT2D eigenvalue weighted by atomic mass is 32.2. The molecule has 20 nitrogen and oxygen atoms in total. The number of hydrogen-bond donors (Lipinski definition) is 4. The molecule has 12 rings (SSSR count). The molecule has 24 heteroatoms. The van der Waals surface area contributed by atoms with Crippen LogP contribution in [0.25, 0.3) is 44.8 Å². The van der Waals surface area contributed by atoms with Crippen LogP contribution in [0.4, 0.5) is 9.59 Å². The second-order valence-corrected chi connectivity index (χ2v) is 26.6. The van der Waals surface area contributed by atoms with Crippen molar-refractivity contribution in [2.75, 3.05) is 77.2 Å². The summed E-state index contributed by atoms with van der Waals surface area (Å²) in [6.07, 6.45) is 11.1. The topological polar surface area (TPSA) is 249 Å². The lowest BCUT2D eigenvalue weighted by atomic mass is 9.84. The molecule has 2 aromatic heterocycles. The van der Waals surface area contributed by atoms with Crippen molar-refractivity contribution in [3.63, 3.8) is 0 Å². The first-order valence-electron chi connectivity index (χ1n) is 26.5. The normalized spacial score (nSPS) is 18.5. The Labute approximate surface area is 481 Å². The van der Waals surface area contributed by atoms with Crippen molar-refractivity contribution in [1.29, 1.82) is 0 Å². The maximum atomic E-state index is 14.0. The Bertz CT molecular complexity index is 3500. The van der Waals surface area contributed by atoms with Crippen LogP contribution in [0.1, 0.15) is 71.7 Å². The van der Waals surface area contributed by atoms with E-state index in [2.05, 4.69) is 88.2 Å². The highest BCUT2D eigenvalue weighted by molar-refractivity contribution is 7.98. The molecule has 2 aliphatic heterocycles. The Morgan fingerprint density at radius 1 is 0.630 bits per heavy atom. The molecule has 4 amide bonds. The van der Waals surface area contributed by atoms with E-state index in [4.69, 9.17) is 19.4 Å². The van der Waals surface area contributed by atoms with E-state index < -0.39 is 68.2 Å². The minimum absolute atomic E-state index is 0.000916. The van der Waals surface area contributed by atoms with Crippen molar-refractivity contribution >= 4 is 67.6 Å². The number of nitrogens with one attached hydrogen (secondary N) is 4. The first-order valence-corrected chi connectivity index (χ1v) is 33.0. The van der Waals surface area contributed by atoms with Gasteiger partial charge in [0, 0.05) is 36.6 Å². The molecule has 4 aliphatic carbocycles. The summed E-state index contributed by atoms with van der Waals surface area (Å²) in [5, 5.41) is 5.26. The minimum Gasteiger partial charge on any atom is -0.453 e. The highest BCUT2D eigenvalue weighted by Gasteiger charge is 2.44. The van der Waals surface area contributed by atoms with Gasteiger partial charge in [-0.2, -0.15) is 32.1 Å². The predicted molar refractivity (Wildman–Crippen MR) is 315 cm³/mol. The lowest BCUT2D eigenvalue weighted by molar-refractivity contribution is -0.135. The van der Waals surface area contributed by atoms with Crippen LogP contribution in [0.3, 0.4) is 0 Å². The average molecular weight is 1180 g/mol. The Hall–Kier alpha value is -6.70. The molecule has 4 aromatic carbocycles. The van der Waals surface area contributed by atoms with Gasteiger partial charge in [0.05, 0.1) is 51.5 Å². The first kappa shape index (κ1) is 58.9.